The van der Waals surface area contributed by atoms with Crippen molar-refractivity contribution in [1.82, 2.24) is 10.6 Å². The number of benzene rings is 3. The zero-order valence-electron chi connectivity index (χ0n) is 22.9. The van der Waals surface area contributed by atoms with Crippen molar-refractivity contribution in [2.24, 2.45) is 0 Å². The van der Waals surface area contributed by atoms with Gasteiger partial charge in [0.05, 0.1) is 0 Å². The van der Waals surface area contributed by atoms with E-state index < -0.39 is 12.2 Å². The summed E-state index contributed by atoms with van der Waals surface area (Å²) in [5.74, 6) is 1.42. The van der Waals surface area contributed by atoms with Crippen LogP contribution < -0.4 is 20.1 Å². The smallest absolute Gasteiger partial charge is 0.407 e. The number of alkyl carbamates (subject to hydrolysis) is 2. The highest BCUT2D eigenvalue weighted by Gasteiger charge is 2.20. The average Bonchev–Trinajstić information content (AvgIpc) is 2.95. The Labute approximate surface area is 225 Å². The van der Waals surface area contributed by atoms with Gasteiger partial charge >= 0.3 is 12.2 Å². The molecule has 0 saturated heterocycles. The van der Waals surface area contributed by atoms with Gasteiger partial charge in [-0.2, -0.15) is 0 Å². The van der Waals surface area contributed by atoms with Gasteiger partial charge in [-0.25, -0.2) is 9.59 Å². The predicted octanol–water partition coefficient (Wildman–Crippen LogP) is 6.58. The lowest BCUT2D eigenvalue weighted by Crippen LogP contribution is -2.32. The number of nitrogens with one attached hydrogen (secondary N) is 2. The molecular weight excluding hydrogens is 484 g/mol. The predicted molar refractivity (Wildman–Crippen MR) is 150 cm³/mol. The molecule has 8 heteroatoms. The number of amides is 2. The van der Waals surface area contributed by atoms with Crippen molar-refractivity contribution in [2.75, 3.05) is 26.3 Å². The van der Waals surface area contributed by atoms with Crippen LogP contribution in [0.3, 0.4) is 0 Å². The minimum Gasteiger partial charge on any atom is -0.488 e. The lowest BCUT2D eigenvalue weighted by atomic mass is 10.0. The Morgan fingerprint density at radius 2 is 0.974 bits per heavy atom. The van der Waals surface area contributed by atoms with E-state index in [1.807, 2.05) is 76.2 Å². The van der Waals surface area contributed by atoms with Gasteiger partial charge in [-0.05, 0) is 25.7 Å². The number of fused-ring (bicyclic) bond motifs is 2. The first kappa shape index (κ1) is 28.9. The Morgan fingerprint density at radius 3 is 1.26 bits per heavy atom. The number of carbonyl (C=O) groups excluding carboxylic acids is 2. The molecule has 8 nitrogen and oxygen atoms in total. The molecule has 2 atom stereocenters. The Morgan fingerprint density at radius 1 is 0.632 bits per heavy atom. The largest absolute Gasteiger partial charge is 0.488 e. The molecule has 206 valence electrons. The summed E-state index contributed by atoms with van der Waals surface area (Å²) >= 11 is 0. The molecule has 3 aromatic rings. The molecule has 0 aromatic heterocycles. The fourth-order valence-corrected chi connectivity index (χ4v) is 4.02. The van der Waals surface area contributed by atoms with Gasteiger partial charge in [-0.1, -0.05) is 76.2 Å². The molecule has 38 heavy (non-hydrogen) atoms. The maximum Gasteiger partial charge on any atom is 0.407 e. The summed E-state index contributed by atoms with van der Waals surface area (Å²) in [6, 6.07) is 15.8. The Kier molecular flexibility index (Phi) is 11.3. The molecule has 2 unspecified atom stereocenters. The molecule has 0 fully saturated rings. The van der Waals surface area contributed by atoms with Crippen LogP contribution in [0, 0.1) is 0 Å². The summed E-state index contributed by atoms with van der Waals surface area (Å²) in [5.41, 5.74) is 0. The zero-order chi connectivity index (χ0) is 27.3. The quantitative estimate of drug-likeness (QED) is 0.231. The molecule has 2 N–H and O–H groups in total. The van der Waals surface area contributed by atoms with Gasteiger partial charge < -0.3 is 29.6 Å². The van der Waals surface area contributed by atoms with Crippen LogP contribution in [0.25, 0.3) is 21.5 Å². The molecule has 3 rings (SSSR count). The molecule has 0 aliphatic carbocycles. The summed E-state index contributed by atoms with van der Waals surface area (Å²) in [6.45, 7) is 9.49. The number of hydrogen-bond donors (Lipinski definition) is 2. The van der Waals surface area contributed by atoms with E-state index in [0.29, 0.717) is 37.4 Å². The fourth-order valence-electron chi connectivity index (χ4n) is 4.02. The third kappa shape index (κ3) is 7.66. The van der Waals surface area contributed by atoms with Crippen molar-refractivity contribution in [2.45, 2.75) is 65.6 Å². The van der Waals surface area contributed by atoms with E-state index >= 15 is 0 Å². The van der Waals surface area contributed by atoms with Gasteiger partial charge in [0.25, 0.3) is 0 Å². The zero-order valence-corrected chi connectivity index (χ0v) is 22.9. The molecule has 0 saturated carbocycles. The van der Waals surface area contributed by atoms with Crippen molar-refractivity contribution < 1.29 is 28.5 Å². The summed E-state index contributed by atoms with van der Waals surface area (Å²) < 4.78 is 23.8. The molecule has 0 aliphatic rings. The van der Waals surface area contributed by atoms with E-state index in [0.717, 1.165) is 34.4 Å². The van der Waals surface area contributed by atoms with Crippen LogP contribution in [0.4, 0.5) is 9.59 Å². The van der Waals surface area contributed by atoms with Gasteiger partial charge in [0.2, 0.25) is 0 Å². The van der Waals surface area contributed by atoms with Crippen LogP contribution in [-0.4, -0.2) is 50.7 Å². The van der Waals surface area contributed by atoms with E-state index in [4.69, 9.17) is 18.9 Å². The molecule has 0 heterocycles. The number of rotatable bonds is 14. The van der Waals surface area contributed by atoms with E-state index in [9.17, 15) is 9.59 Å². The van der Waals surface area contributed by atoms with Crippen LogP contribution in [0.2, 0.25) is 0 Å². The van der Waals surface area contributed by atoms with E-state index in [1.54, 1.807) is 0 Å². The van der Waals surface area contributed by atoms with Gasteiger partial charge in [-0.15, -0.1) is 0 Å². The lowest BCUT2D eigenvalue weighted by molar-refractivity contribution is 0.0629. The lowest BCUT2D eigenvalue weighted by Gasteiger charge is -2.22. The van der Waals surface area contributed by atoms with Crippen molar-refractivity contribution in [3.05, 3.63) is 48.5 Å². The van der Waals surface area contributed by atoms with Crippen LogP contribution >= 0.6 is 0 Å². The Balaban J connectivity index is 1.87. The fraction of sp³-hybridized carbons (Fsp3) is 0.467. The maximum atomic E-state index is 12.1. The summed E-state index contributed by atoms with van der Waals surface area (Å²) in [7, 11) is 0. The number of ether oxygens (including phenoxy) is 4. The molecule has 2 amide bonds. The van der Waals surface area contributed by atoms with Crippen LogP contribution in [0.5, 0.6) is 11.5 Å². The number of carbonyl (C=O) groups is 2. The first-order valence-electron chi connectivity index (χ1n) is 13.6. The van der Waals surface area contributed by atoms with Crippen LogP contribution in [0.15, 0.2) is 48.5 Å². The van der Waals surface area contributed by atoms with E-state index in [-0.39, 0.29) is 25.4 Å². The van der Waals surface area contributed by atoms with Crippen molar-refractivity contribution in [3.63, 3.8) is 0 Å². The molecule has 0 bridgehead atoms. The standard InChI is InChI=1S/C30H40N2O6/c1-5-17-31-29(33)37-21(7-3)19-35-27-23-13-9-11-15-25(23)28(26-16-12-10-14-24(26)27)36-20-22(8-4)38-30(34)32-18-6-2/h9-16,21-22H,5-8,17-20H2,1-4H3,(H,31,33)(H,32,34). The van der Waals surface area contributed by atoms with E-state index in [2.05, 4.69) is 10.6 Å². The van der Waals surface area contributed by atoms with Crippen molar-refractivity contribution in [1.29, 1.82) is 0 Å². The van der Waals surface area contributed by atoms with Gasteiger partial charge in [0.1, 0.15) is 36.9 Å². The normalized spacial score (nSPS) is 12.5. The third-order valence-corrected chi connectivity index (χ3v) is 6.16. The van der Waals surface area contributed by atoms with Crippen LogP contribution in [-0.2, 0) is 9.47 Å². The molecule has 0 radical (unpaired) electrons. The summed E-state index contributed by atoms with van der Waals surface area (Å²) in [5, 5.41) is 9.05. The SMILES string of the molecule is CCCNC(=O)OC(CC)COc1c2ccccc2c(OCC(CC)OC(=O)NCCC)c2ccccc12. The van der Waals surface area contributed by atoms with Crippen LogP contribution in [0.1, 0.15) is 53.4 Å². The summed E-state index contributed by atoms with van der Waals surface area (Å²) in [4.78, 5) is 24.2. The van der Waals surface area contributed by atoms with Gasteiger partial charge in [-0.3, -0.25) is 0 Å². The first-order valence-corrected chi connectivity index (χ1v) is 13.6. The average molecular weight is 525 g/mol. The molecular formula is C30H40N2O6. The maximum absolute atomic E-state index is 12.1. The van der Waals surface area contributed by atoms with Gasteiger partial charge in [0.15, 0.2) is 0 Å². The Bertz CT molecular complexity index is 1050. The van der Waals surface area contributed by atoms with Crippen molar-refractivity contribution >= 4 is 33.7 Å². The molecule has 0 spiro atoms. The summed E-state index contributed by atoms with van der Waals surface area (Å²) in [6.07, 6.45) is 1.29. The second kappa shape index (κ2) is 14.9. The minimum absolute atomic E-state index is 0.225. The minimum atomic E-state index is -0.433. The first-order chi connectivity index (χ1) is 18.5. The second-order valence-corrected chi connectivity index (χ2v) is 9.10. The Hall–Kier alpha value is -3.68. The second-order valence-electron chi connectivity index (χ2n) is 9.10. The third-order valence-electron chi connectivity index (χ3n) is 6.16. The highest BCUT2D eigenvalue weighted by Crippen LogP contribution is 2.42. The molecule has 3 aromatic carbocycles. The van der Waals surface area contributed by atoms with E-state index in [1.165, 1.54) is 0 Å². The molecule has 0 aliphatic heterocycles. The topological polar surface area (TPSA) is 95.1 Å². The van der Waals surface area contributed by atoms with Crippen molar-refractivity contribution in [3.8, 4) is 11.5 Å². The monoisotopic (exact) mass is 524 g/mol. The van der Waals surface area contributed by atoms with Gasteiger partial charge in [0, 0.05) is 34.6 Å². The highest BCUT2D eigenvalue weighted by atomic mass is 16.6. The highest BCUT2D eigenvalue weighted by molar-refractivity contribution is 6.11. The number of hydrogen-bond acceptors (Lipinski definition) is 6.